The van der Waals surface area contributed by atoms with E-state index in [1.807, 2.05) is 0 Å². The van der Waals surface area contributed by atoms with Gasteiger partial charge in [-0.05, 0) is 6.54 Å². The van der Waals surface area contributed by atoms with Crippen molar-refractivity contribution in [3.05, 3.63) is 0 Å². The number of hydrogen-bond donors (Lipinski definition) is 5. The third-order valence-corrected chi connectivity index (χ3v) is 0.849. The van der Waals surface area contributed by atoms with Gasteiger partial charge < -0.3 is 21.1 Å². The highest BCUT2D eigenvalue weighted by Gasteiger charge is 2.28. The van der Waals surface area contributed by atoms with Crippen LogP contribution in [0, 0.1) is 0 Å². The number of hydrogen-bond acceptors (Lipinski definition) is 5. The zero-order chi connectivity index (χ0) is 7.49. The van der Waals surface area contributed by atoms with E-state index in [4.69, 9.17) is 21.1 Å². The van der Waals surface area contributed by atoms with E-state index in [0.29, 0.717) is 6.54 Å². The molecular formula is C4H12N2O3. The summed E-state index contributed by atoms with van der Waals surface area (Å²) in [5.74, 6) is -2.37. The van der Waals surface area contributed by atoms with Crippen molar-refractivity contribution in [2.45, 2.75) is 19.1 Å². The van der Waals surface area contributed by atoms with E-state index in [1.54, 1.807) is 6.92 Å². The van der Waals surface area contributed by atoms with Gasteiger partial charge in [-0.25, -0.2) is 0 Å². The average molecular weight is 136 g/mol. The van der Waals surface area contributed by atoms with Crippen LogP contribution in [0.15, 0.2) is 0 Å². The normalized spacial score (nSPS) is 15.7. The van der Waals surface area contributed by atoms with E-state index in [0.717, 1.165) is 0 Å². The van der Waals surface area contributed by atoms with Crippen LogP contribution >= 0.6 is 0 Å². The molecule has 0 amide bonds. The van der Waals surface area contributed by atoms with Crippen molar-refractivity contribution >= 4 is 0 Å². The summed E-state index contributed by atoms with van der Waals surface area (Å²) in [4.78, 5) is 0. The second-order valence-electron chi connectivity index (χ2n) is 1.70. The first-order valence-electron chi connectivity index (χ1n) is 2.64. The summed E-state index contributed by atoms with van der Waals surface area (Å²) in [6.45, 7) is 1.98. The molecule has 0 fully saturated rings. The fourth-order valence-electron chi connectivity index (χ4n) is 0.365. The van der Waals surface area contributed by atoms with Gasteiger partial charge in [-0.2, -0.15) is 0 Å². The zero-order valence-electron chi connectivity index (χ0n) is 5.20. The Hall–Kier alpha value is -0.200. The Balaban J connectivity index is 3.70. The minimum Gasteiger partial charge on any atom is -0.372 e. The lowest BCUT2D eigenvalue weighted by atomic mass is 10.4. The Morgan fingerprint density at radius 1 is 1.67 bits per heavy atom. The fourth-order valence-corrected chi connectivity index (χ4v) is 0.365. The van der Waals surface area contributed by atoms with Gasteiger partial charge in [-0.1, -0.05) is 6.92 Å². The number of rotatable bonds is 3. The Morgan fingerprint density at radius 2 is 2.11 bits per heavy atom. The van der Waals surface area contributed by atoms with Crippen LogP contribution in [0.4, 0.5) is 0 Å². The molecule has 56 valence electrons. The van der Waals surface area contributed by atoms with Gasteiger partial charge in [0.1, 0.15) is 0 Å². The fraction of sp³-hybridized carbons (Fsp3) is 1.00. The summed E-state index contributed by atoms with van der Waals surface area (Å²) in [5, 5.41) is 27.9. The summed E-state index contributed by atoms with van der Waals surface area (Å²) in [7, 11) is 0. The number of nitrogens with two attached hydrogens (primary N) is 1. The van der Waals surface area contributed by atoms with Crippen LogP contribution in [-0.2, 0) is 0 Å². The SMILES string of the molecule is CCNC(O)(O)C(N)O. The lowest BCUT2D eigenvalue weighted by Crippen LogP contribution is -2.58. The van der Waals surface area contributed by atoms with Gasteiger partial charge in [-0.15, -0.1) is 0 Å². The van der Waals surface area contributed by atoms with E-state index < -0.39 is 12.1 Å². The van der Waals surface area contributed by atoms with Crippen LogP contribution in [0.25, 0.3) is 0 Å². The molecule has 0 aliphatic heterocycles. The molecule has 5 heteroatoms. The molecule has 0 aliphatic carbocycles. The van der Waals surface area contributed by atoms with Crippen molar-refractivity contribution in [1.29, 1.82) is 0 Å². The summed E-state index contributed by atoms with van der Waals surface area (Å²) in [6, 6.07) is 0. The summed E-state index contributed by atoms with van der Waals surface area (Å²) < 4.78 is 0. The highest BCUT2D eigenvalue weighted by atomic mass is 16.5. The Bertz CT molecular complexity index is 83.9. The Morgan fingerprint density at radius 3 is 2.22 bits per heavy atom. The second kappa shape index (κ2) is 3.09. The number of aliphatic hydroxyl groups is 3. The van der Waals surface area contributed by atoms with Crippen LogP contribution in [-0.4, -0.2) is 34.0 Å². The molecule has 5 nitrogen and oxygen atoms in total. The van der Waals surface area contributed by atoms with Gasteiger partial charge in [0.05, 0.1) is 0 Å². The van der Waals surface area contributed by atoms with Gasteiger partial charge in [0.15, 0.2) is 6.23 Å². The first kappa shape index (κ1) is 8.80. The predicted molar refractivity (Wildman–Crippen MR) is 31.0 cm³/mol. The summed E-state index contributed by atoms with van der Waals surface area (Å²) in [6.07, 6.45) is -1.68. The van der Waals surface area contributed by atoms with E-state index in [-0.39, 0.29) is 0 Å². The van der Waals surface area contributed by atoms with Crippen molar-refractivity contribution in [3.63, 3.8) is 0 Å². The smallest absolute Gasteiger partial charge is 0.263 e. The first-order valence-corrected chi connectivity index (χ1v) is 2.64. The highest BCUT2D eigenvalue weighted by molar-refractivity contribution is 4.64. The molecule has 0 heterocycles. The van der Waals surface area contributed by atoms with Crippen molar-refractivity contribution in [3.8, 4) is 0 Å². The van der Waals surface area contributed by atoms with E-state index >= 15 is 0 Å². The van der Waals surface area contributed by atoms with Crippen LogP contribution in [0.2, 0.25) is 0 Å². The predicted octanol–water partition coefficient (Wildman–Crippen LogP) is -2.49. The average Bonchev–Trinajstić information content (AvgIpc) is 1.65. The molecule has 0 aromatic rings. The maximum absolute atomic E-state index is 8.66. The van der Waals surface area contributed by atoms with Gasteiger partial charge in [-0.3, -0.25) is 5.32 Å². The molecule has 0 radical (unpaired) electrons. The number of aliphatic hydroxyl groups excluding tert-OH is 1. The maximum atomic E-state index is 8.66. The van der Waals surface area contributed by atoms with Crippen molar-refractivity contribution in [2.24, 2.45) is 5.73 Å². The molecule has 0 saturated heterocycles. The highest BCUT2D eigenvalue weighted by Crippen LogP contribution is 1.94. The van der Waals surface area contributed by atoms with Crippen molar-refractivity contribution in [1.82, 2.24) is 5.32 Å². The molecule has 0 rings (SSSR count). The van der Waals surface area contributed by atoms with Gasteiger partial charge in [0, 0.05) is 0 Å². The first-order chi connectivity index (χ1) is 4.00. The van der Waals surface area contributed by atoms with E-state index in [2.05, 4.69) is 5.32 Å². The van der Waals surface area contributed by atoms with Crippen molar-refractivity contribution < 1.29 is 15.3 Å². The maximum Gasteiger partial charge on any atom is 0.263 e. The molecule has 0 aromatic heterocycles. The quantitative estimate of drug-likeness (QED) is 0.276. The zero-order valence-corrected chi connectivity index (χ0v) is 5.20. The molecule has 0 aliphatic rings. The summed E-state index contributed by atoms with van der Waals surface area (Å²) in [5.41, 5.74) is 4.75. The molecule has 1 atom stereocenters. The lowest BCUT2D eigenvalue weighted by molar-refractivity contribution is -0.243. The van der Waals surface area contributed by atoms with E-state index in [1.165, 1.54) is 0 Å². The molecule has 0 aromatic carbocycles. The standard InChI is InChI=1S/C4H12N2O3/c1-2-6-4(8,9)3(5)7/h3,6-9H,2,5H2,1H3. The number of likely N-dealkylation sites (N-methyl/N-ethyl adjacent to an activating group) is 1. The Kier molecular flexibility index (Phi) is 3.02. The molecule has 9 heavy (non-hydrogen) atoms. The van der Waals surface area contributed by atoms with Crippen LogP contribution in [0.3, 0.4) is 0 Å². The summed E-state index contributed by atoms with van der Waals surface area (Å²) >= 11 is 0. The Labute approximate surface area is 53.1 Å². The third kappa shape index (κ3) is 2.73. The minimum atomic E-state index is -2.37. The van der Waals surface area contributed by atoms with Crippen molar-refractivity contribution in [2.75, 3.05) is 6.54 Å². The molecule has 0 bridgehead atoms. The van der Waals surface area contributed by atoms with Gasteiger partial charge in [0.25, 0.3) is 5.91 Å². The monoisotopic (exact) mass is 136 g/mol. The topological polar surface area (TPSA) is 98.7 Å². The van der Waals surface area contributed by atoms with E-state index in [9.17, 15) is 0 Å². The molecule has 0 spiro atoms. The lowest BCUT2D eigenvalue weighted by Gasteiger charge is -2.24. The van der Waals surface area contributed by atoms with Crippen LogP contribution in [0.1, 0.15) is 6.92 Å². The van der Waals surface area contributed by atoms with Gasteiger partial charge in [0.2, 0.25) is 0 Å². The van der Waals surface area contributed by atoms with Crippen LogP contribution < -0.4 is 11.1 Å². The molecular weight excluding hydrogens is 124 g/mol. The van der Waals surface area contributed by atoms with Gasteiger partial charge >= 0.3 is 0 Å². The minimum absolute atomic E-state index is 0.321. The third-order valence-electron chi connectivity index (χ3n) is 0.849. The largest absolute Gasteiger partial charge is 0.372 e. The molecule has 6 N–H and O–H groups in total. The number of nitrogens with one attached hydrogen (secondary N) is 1. The molecule has 0 saturated carbocycles. The molecule has 1 unspecified atom stereocenters. The second-order valence-corrected chi connectivity index (χ2v) is 1.70. The van der Waals surface area contributed by atoms with Crippen LogP contribution in [0.5, 0.6) is 0 Å².